The van der Waals surface area contributed by atoms with Crippen LogP contribution in [0.2, 0.25) is 0 Å². The van der Waals surface area contributed by atoms with Crippen LogP contribution < -0.4 is 5.32 Å². The number of aryl methyl sites for hydroxylation is 2. The monoisotopic (exact) mass is 374 g/mol. The zero-order chi connectivity index (χ0) is 19.1. The lowest BCUT2D eigenvalue weighted by Gasteiger charge is -2.08. The number of hydrogen-bond acceptors (Lipinski definition) is 6. The first-order valence-corrected chi connectivity index (χ1v) is 8.73. The van der Waals surface area contributed by atoms with Crippen molar-refractivity contribution < 1.29 is 19.2 Å². The third-order valence-corrected chi connectivity index (χ3v) is 4.26. The van der Waals surface area contributed by atoms with Gasteiger partial charge in [-0.2, -0.15) is 0 Å². The highest BCUT2D eigenvalue weighted by Crippen LogP contribution is 2.21. The highest BCUT2D eigenvalue weighted by atomic mass is 32.2. The van der Waals surface area contributed by atoms with Crippen molar-refractivity contribution in [3.8, 4) is 0 Å². The van der Waals surface area contributed by atoms with Crippen molar-refractivity contribution in [3.05, 3.63) is 63.7 Å². The molecule has 1 amide bonds. The summed E-state index contributed by atoms with van der Waals surface area (Å²) >= 11 is 1.18. The van der Waals surface area contributed by atoms with E-state index >= 15 is 0 Å². The fraction of sp³-hybridized carbons (Fsp3) is 0.222. The van der Waals surface area contributed by atoms with E-state index in [-0.39, 0.29) is 18.0 Å². The molecule has 7 nitrogen and oxygen atoms in total. The van der Waals surface area contributed by atoms with Crippen LogP contribution in [0.4, 0.5) is 11.4 Å². The van der Waals surface area contributed by atoms with Crippen LogP contribution in [-0.2, 0) is 14.3 Å². The number of hydrogen-bond donors (Lipinski definition) is 1. The number of carbonyl (C=O) groups is 2. The Morgan fingerprint density at radius 3 is 2.31 bits per heavy atom. The van der Waals surface area contributed by atoms with E-state index in [2.05, 4.69) is 5.32 Å². The number of rotatable bonds is 7. The number of anilines is 1. The quantitative estimate of drug-likeness (QED) is 0.345. The normalized spacial score (nSPS) is 10.2. The van der Waals surface area contributed by atoms with Gasteiger partial charge in [0.2, 0.25) is 0 Å². The van der Waals surface area contributed by atoms with Crippen LogP contribution in [0, 0.1) is 24.0 Å². The molecular weight excluding hydrogens is 356 g/mol. The summed E-state index contributed by atoms with van der Waals surface area (Å²) in [5.41, 5.74) is 2.69. The van der Waals surface area contributed by atoms with Crippen LogP contribution in [-0.4, -0.2) is 29.2 Å². The van der Waals surface area contributed by atoms with E-state index in [1.807, 2.05) is 32.0 Å². The fourth-order valence-electron chi connectivity index (χ4n) is 2.24. The predicted octanol–water partition coefficient (Wildman–Crippen LogP) is 3.49. The first-order chi connectivity index (χ1) is 12.3. The molecule has 2 rings (SSSR count). The molecule has 0 aliphatic rings. The summed E-state index contributed by atoms with van der Waals surface area (Å²) in [6.45, 7) is 3.49. The Morgan fingerprint density at radius 2 is 1.73 bits per heavy atom. The maximum atomic E-state index is 11.9. The lowest BCUT2D eigenvalue weighted by Crippen LogP contribution is -2.21. The average Bonchev–Trinajstić information content (AvgIpc) is 2.57. The van der Waals surface area contributed by atoms with E-state index < -0.39 is 16.8 Å². The fourth-order valence-corrected chi connectivity index (χ4v) is 2.93. The van der Waals surface area contributed by atoms with Gasteiger partial charge in [-0.15, -0.1) is 11.8 Å². The molecule has 2 aromatic rings. The van der Waals surface area contributed by atoms with Gasteiger partial charge in [0.25, 0.3) is 11.6 Å². The minimum atomic E-state index is -0.538. The summed E-state index contributed by atoms with van der Waals surface area (Å²) in [5, 5.41) is 13.3. The number of nitrogens with zero attached hydrogens (tertiary/aromatic N) is 1. The number of thioether (sulfide) groups is 1. The standard InChI is InChI=1S/C18H18N2O5S/c1-12-7-13(2)9-14(8-12)19-17(21)10-25-18(22)11-26-16-5-3-15(4-6-16)20(23)24/h3-9H,10-11H2,1-2H3,(H,19,21). The summed E-state index contributed by atoms with van der Waals surface area (Å²) in [5.74, 6) is -0.943. The van der Waals surface area contributed by atoms with Crippen molar-refractivity contribution in [2.45, 2.75) is 18.7 Å². The summed E-state index contributed by atoms with van der Waals surface area (Å²) in [6.07, 6.45) is 0. The van der Waals surface area contributed by atoms with Gasteiger partial charge in [-0.1, -0.05) is 6.07 Å². The molecule has 0 aliphatic heterocycles. The van der Waals surface area contributed by atoms with E-state index in [0.29, 0.717) is 10.6 Å². The Balaban J connectivity index is 1.75. The van der Waals surface area contributed by atoms with Crippen LogP contribution in [0.15, 0.2) is 47.4 Å². The third kappa shape index (κ3) is 6.21. The molecule has 0 atom stereocenters. The first kappa shape index (κ1) is 19.5. The van der Waals surface area contributed by atoms with Crippen molar-refractivity contribution in [3.63, 3.8) is 0 Å². The highest BCUT2D eigenvalue weighted by molar-refractivity contribution is 8.00. The summed E-state index contributed by atoms with van der Waals surface area (Å²) in [6, 6.07) is 11.5. The van der Waals surface area contributed by atoms with E-state index in [4.69, 9.17) is 4.74 Å². The summed E-state index contributed by atoms with van der Waals surface area (Å²) < 4.78 is 4.94. The van der Waals surface area contributed by atoms with Crippen molar-refractivity contribution in [2.24, 2.45) is 0 Å². The van der Waals surface area contributed by atoms with E-state index in [1.54, 1.807) is 12.1 Å². The number of ether oxygens (including phenoxy) is 1. The molecule has 0 fully saturated rings. The third-order valence-electron chi connectivity index (χ3n) is 3.27. The number of nitrogens with one attached hydrogen (secondary N) is 1. The molecule has 0 bridgehead atoms. The molecule has 0 spiro atoms. The van der Waals surface area contributed by atoms with Crippen molar-refractivity contribution in [2.75, 3.05) is 17.7 Å². The van der Waals surface area contributed by atoms with Crippen LogP contribution >= 0.6 is 11.8 Å². The average molecular weight is 374 g/mol. The summed E-state index contributed by atoms with van der Waals surface area (Å²) in [4.78, 5) is 34.4. The Morgan fingerprint density at radius 1 is 1.12 bits per heavy atom. The van der Waals surface area contributed by atoms with Crippen LogP contribution in [0.5, 0.6) is 0 Å². The molecule has 0 radical (unpaired) electrons. The topological polar surface area (TPSA) is 98.5 Å². The zero-order valence-corrected chi connectivity index (χ0v) is 15.2. The van der Waals surface area contributed by atoms with E-state index in [0.717, 1.165) is 11.1 Å². The van der Waals surface area contributed by atoms with Gasteiger partial charge in [0.15, 0.2) is 6.61 Å². The number of nitro groups is 1. The minimum absolute atomic E-state index is 0.00858. The lowest BCUT2D eigenvalue weighted by atomic mass is 10.1. The largest absolute Gasteiger partial charge is 0.455 e. The van der Waals surface area contributed by atoms with Crippen LogP contribution in [0.25, 0.3) is 0 Å². The van der Waals surface area contributed by atoms with Gasteiger partial charge in [0.1, 0.15) is 0 Å². The van der Waals surface area contributed by atoms with Crippen molar-refractivity contribution >= 4 is 35.0 Å². The molecule has 0 aromatic heterocycles. The number of amides is 1. The molecule has 8 heteroatoms. The number of esters is 1. The second-order valence-corrected chi connectivity index (χ2v) is 6.67. The Kier molecular flexibility index (Phi) is 6.74. The number of carbonyl (C=O) groups excluding carboxylic acids is 2. The molecule has 1 N–H and O–H groups in total. The van der Waals surface area contributed by atoms with E-state index in [9.17, 15) is 19.7 Å². The van der Waals surface area contributed by atoms with Gasteiger partial charge in [0.05, 0.1) is 10.7 Å². The van der Waals surface area contributed by atoms with Crippen molar-refractivity contribution in [1.29, 1.82) is 0 Å². The molecule has 0 saturated heterocycles. The maximum absolute atomic E-state index is 11.9. The van der Waals surface area contributed by atoms with Gasteiger partial charge >= 0.3 is 5.97 Å². The number of benzene rings is 2. The molecular formula is C18H18N2O5S. The molecule has 0 unspecified atom stereocenters. The second-order valence-electron chi connectivity index (χ2n) is 5.62. The van der Waals surface area contributed by atoms with E-state index in [1.165, 1.54) is 23.9 Å². The van der Waals surface area contributed by atoms with Gasteiger partial charge in [-0.05, 0) is 49.2 Å². The SMILES string of the molecule is Cc1cc(C)cc(NC(=O)COC(=O)CSc2ccc([N+](=O)[O-])cc2)c1. The Labute approximate surface area is 154 Å². The Hall–Kier alpha value is -2.87. The van der Waals surface area contributed by atoms with Crippen molar-refractivity contribution in [1.82, 2.24) is 0 Å². The highest BCUT2D eigenvalue weighted by Gasteiger charge is 2.10. The zero-order valence-electron chi connectivity index (χ0n) is 14.4. The lowest BCUT2D eigenvalue weighted by molar-refractivity contribution is -0.384. The van der Waals surface area contributed by atoms with Gasteiger partial charge in [-0.3, -0.25) is 19.7 Å². The molecule has 2 aromatic carbocycles. The first-order valence-electron chi connectivity index (χ1n) is 7.74. The number of nitro benzene ring substituents is 1. The van der Waals surface area contributed by atoms with Crippen LogP contribution in [0.3, 0.4) is 0 Å². The van der Waals surface area contributed by atoms with Gasteiger partial charge in [-0.25, -0.2) is 0 Å². The van der Waals surface area contributed by atoms with Gasteiger partial charge in [0, 0.05) is 22.7 Å². The Bertz CT molecular complexity index is 801. The molecule has 26 heavy (non-hydrogen) atoms. The molecule has 0 heterocycles. The summed E-state index contributed by atoms with van der Waals surface area (Å²) in [7, 11) is 0. The molecule has 136 valence electrons. The second kappa shape index (κ2) is 9.00. The smallest absolute Gasteiger partial charge is 0.316 e. The molecule has 0 aliphatic carbocycles. The number of non-ortho nitro benzene ring substituents is 1. The minimum Gasteiger partial charge on any atom is -0.455 e. The maximum Gasteiger partial charge on any atom is 0.316 e. The van der Waals surface area contributed by atoms with Gasteiger partial charge < -0.3 is 10.1 Å². The predicted molar refractivity (Wildman–Crippen MR) is 99.3 cm³/mol. The molecule has 0 saturated carbocycles. The van der Waals surface area contributed by atoms with Crippen LogP contribution in [0.1, 0.15) is 11.1 Å².